The van der Waals surface area contributed by atoms with E-state index in [0.717, 1.165) is 25.0 Å². The van der Waals surface area contributed by atoms with E-state index in [2.05, 4.69) is 45.0 Å². The highest BCUT2D eigenvalue weighted by atomic mass is 28.4. The number of aliphatic hydroxyl groups is 1. The Balaban J connectivity index is 2.79. The van der Waals surface area contributed by atoms with Gasteiger partial charge < -0.3 is 9.53 Å². The highest BCUT2D eigenvalue weighted by molar-refractivity contribution is 6.74. The molecule has 1 aromatic carbocycles. The minimum Gasteiger partial charge on any atom is -0.543 e. The van der Waals surface area contributed by atoms with Crippen LogP contribution in [0.3, 0.4) is 0 Å². The summed E-state index contributed by atoms with van der Waals surface area (Å²) in [6.07, 6.45) is 2.64. The maximum Gasteiger partial charge on any atom is 0.250 e. The smallest absolute Gasteiger partial charge is 0.250 e. The molecule has 0 radical (unpaired) electrons. The van der Waals surface area contributed by atoms with Gasteiger partial charge in [0.25, 0.3) is 0 Å². The minimum absolute atomic E-state index is 0.210. The number of hydrogen-bond donors (Lipinski definition) is 1. The molecule has 3 heteroatoms. The molecule has 0 saturated heterocycles. The standard InChI is InChI=1S/C17H30O2Si/c1-5-20(6-2,7-3)19-17-14-9-8-12-16(17)13-10-11-15(4)18/h8-9,12,14-15,18H,5-7,10-11,13H2,1-4H3. The molecular formula is C17H30O2Si. The van der Waals surface area contributed by atoms with Crippen molar-refractivity contribution in [2.24, 2.45) is 0 Å². The van der Waals surface area contributed by atoms with E-state index < -0.39 is 8.32 Å². The lowest BCUT2D eigenvalue weighted by molar-refractivity contribution is 0.181. The summed E-state index contributed by atoms with van der Waals surface area (Å²) < 4.78 is 6.51. The third kappa shape index (κ3) is 4.95. The molecule has 0 aliphatic rings. The van der Waals surface area contributed by atoms with Crippen LogP contribution in [0.15, 0.2) is 24.3 Å². The Bertz CT molecular complexity index is 378. The van der Waals surface area contributed by atoms with E-state index in [9.17, 15) is 5.11 Å². The van der Waals surface area contributed by atoms with E-state index >= 15 is 0 Å². The Morgan fingerprint density at radius 2 is 1.70 bits per heavy atom. The highest BCUT2D eigenvalue weighted by Gasteiger charge is 2.31. The third-order valence-electron chi connectivity index (χ3n) is 4.30. The second-order valence-corrected chi connectivity index (χ2v) is 10.4. The molecule has 0 saturated carbocycles. The van der Waals surface area contributed by atoms with Crippen LogP contribution >= 0.6 is 0 Å². The first-order valence-corrected chi connectivity index (χ1v) is 10.5. The molecule has 0 aromatic heterocycles. The van der Waals surface area contributed by atoms with Crippen LogP contribution in [-0.4, -0.2) is 19.5 Å². The van der Waals surface area contributed by atoms with Gasteiger partial charge in [-0.25, -0.2) is 0 Å². The molecule has 1 atom stereocenters. The Morgan fingerprint density at radius 3 is 2.25 bits per heavy atom. The second kappa shape index (κ2) is 8.48. The number of hydrogen-bond acceptors (Lipinski definition) is 2. The second-order valence-electron chi connectivity index (χ2n) is 5.69. The summed E-state index contributed by atoms with van der Waals surface area (Å²) in [7, 11) is -1.60. The van der Waals surface area contributed by atoms with E-state index in [-0.39, 0.29) is 6.10 Å². The first kappa shape index (κ1) is 17.2. The van der Waals surface area contributed by atoms with Crippen LogP contribution < -0.4 is 4.43 Å². The van der Waals surface area contributed by atoms with E-state index in [1.54, 1.807) is 0 Å². The van der Waals surface area contributed by atoms with Gasteiger partial charge in [0.15, 0.2) is 0 Å². The van der Waals surface area contributed by atoms with Crippen LogP contribution in [0.5, 0.6) is 5.75 Å². The van der Waals surface area contributed by atoms with Crippen molar-refractivity contribution in [2.45, 2.75) is 71.2 Å². The lowest BCUT2D eigenvalue weighted by atomic mass is 10.1. The van der Waals surface area contributed by atoms with Gasteiger partial charge in [0.1, 0.15) is 5.75 Å². The summed E-state index contributed by atoms with van der Waals surface area (Å²) in [4.78, 5) is 0. The fourth-order valence-electron chi connectivity index (χ4n) is 2.60. The quantitative estimate of drug-likeness (QED) is 0.664. The molecule has 1 N–H and O–H groups in total. The number of rotatable bonds is 9. The summed E-state index contributed by atoms with van der Waals surface area (Å²) in [6.45, 7) is 8.63. The SMILES string of the molecule is CC[Si](CC)(CC)Oc1ccccc1CCCC(C)O. The fraction of sp³-hybridized carbons (Fsp3) is 0.647. The van der Waals surface area contributed by atoms with Gasteiger partial charge in [-0.1, -0.05) is 39.0 Å². The predicted molar refractivity (Wildman–Crippen MR) is 88.9 cm³/mol. The highest BCUT2D eigenvalue weighted by Crippen LogP contribution is 2.29. The van der Waals surface area contributed by atoms with Gasteiger partial charge in [-0.2, -0.15) is 0 Å². The van der Waals surface area contributed by atoms with Crippen molar-refractivity contribution < 1.29 is 9.53 Å². The zero-order chi connectivity index (χ0) is 15.0. The van der Waals surface area contributed by atoms with Gasteiger partial charge >= 0.3 is 0 Å². The molecule has 1 unspecified atom stereocenters. The van der Waals surface area contributed by atoms with E-state index in [1.807, 2.05) is 6.92 Å². The van der Waals surface area contributed by atoms with Crippen molar-refractivity contribution in [1.29, 1.82) is 0 Å². The van der Waals surface area contributed by atoms with Gasteiger partial charge in [0.2, 0.25) is 8.32 Å². The molecule has 0 bridgehead atoms. The lowest BCUT2D eigenvalue weighted by Crippen LogP contribution is -2.39. The molecule has 0 fully saturated rings. The summed E-state index contributed by atoms with van der Waals surface area (Å²) in [5, 5.41) is 9.38. The molecule has 0 spiro atoms. The zero-order valence-corrected chi connectivity index (χ0v) is 14.5. The Hall–Kier alpha value is -0.803. The molecular weight excluding hydrogens is 264 g/mol. The molecule has 114 valence electrons. The van der Waals surface area contributed by atoms with E-state index in [0.29, 0.717) is 0 Å². The number of benzene rings is 1. The van der Waals surface area contributed by atoms with Crippen molar-refractivity contribution in [1.82, 2.24) is 0 Å². The average Bonchev–Trinajstić information content (AvgIpc) is 2.46. The maximum atomic E-state index is 9.38. The predicted octanol–water partition coefficient (Wildman–Crippen LogP) is 4.77. The van der Waals surface area contributed by atoms with Crippen molar-refractivity contribution in [2.75, 3.05) is 0 Å². The number of para-hydroxylation sites is 1. The molecule has 2 nitrogen and oxygen atoms in total. The molecule has 20 heavy (non-hydrogen) atoms. The summed E-state index contributed by atoms with van der Waals surface area (Å²) >= 11 is 0. The summed E-state index contributed by atoms with van der Waals surface area (Å²) in [5.41, 5.74) is 1.29. The van der Waals surface area contributed by atoms with E-state index in [1.165, 1.54) is 23.7 Å². The summed E-state index contributed by atoms with van der Waals surface area (Å²) in [5.74, 6) is 1.08. The van der Waals surface area contributed by atoms with Gasteiger partial charge in [-0.05, 0) is 55.9 Å². The summed E-state index contributed by atoms with van der Waals surface area (Å²) in [6, 6.07) is 11.9. The van der Waals surface area contributed by atoms with Crippen molar-refractivity contribution in [3.63, 3.8) is 0 Å². The Morgan fingerprint density at radius 1 is 1.10 bits per heavy atom. The first-order valence-electron chi connectivity index (χ1n) is 8.01. The van der Waals surface area contributed by atoms with E-state index in [4.69, 9.17) is 4.43 Å². The zero-order valence-electron chi connectivity index (χ0n) is 13.5. The molecule has 0 heterocycles. The van der Waals surface area contributed by atoms with Crippen molar-refractivity contribution in [3.8, 4) is 5.75 Å². The Kier molecular flexibility index (Phi) is 7.31. The minimum atomic E-state index is -1.60. The lowest BCUT2D eigenvalue weighted by Gasteiger charge is -2.30. The Labute approximate surface area is 125 Å². The van der Waals surface area contributed by atoms with Crippen LogP contribution in [0.1, 0.15) is 46.1 Å². The molecule has 0 aliphatic carbocycles. The van der Waals surface area contributed by atoms with Crippen LogP contribution in [0.4, 0.5) is 0 Å². The van der Waals surface area contributed by atoms with Gasteiger partial charge in [-0.15, -0.1) is 0 Å². The van der Waals surface area contributed by atoms with Crippen molar-refractivity contribution >= 4 is 8.32 Å². The molecule has 1 aromatic rings. The van der Waals surface area contributed by atoms with Crippen LogP contribution in [0.2, 0.25) is 18.1 Å². The number of aliphatic hydroxyl groups excluding tert-OH is 1. The van der Waals surface area contributed by atoms with Gasteiger partial charge in [-0.3, -0.25) is 0 Å². The average molecular weight is 295 g/mol. The molecule has 0 aliphatic heterocycles. The van der Waals surface area contributed by atoms with Gasteiger partial charge in [0, 0.05) is 0 Å². The fourth-order valence-corrected chi connectivity index (χ4v) is 5.20. The monoisotopic (exact) mass is 294 g/mol. The molecule has 0 amide bonds. The van der Waals surface area contributed by atoms with Crippen LogP contribution in [-0.2, 0) is 6.42 Å². The normalized spacial score (nSPS) is 13.2. The molecule has 1 rings (SSSR count). The third-order valence-corrected chi connectivity index (χ3v) is 8.82. The van der Waals surface area contributed by atoms with Crippen LogP contribution in [0, 0.1) is 0 Å². The van der Waals surface area contributed by atoms with Crippen molar-refractivity contribution in [3.05, 3.63) is 29.8 Å². The first-order chi connectivity index (χ1) is 9.56. The van der Waals surface area contributed by atoms with Gasteiger partial charge in [0.05, 0.1) is 6.10 Å². The topological polar surface area (TPSA) is 29.5 Å². The van der Waals surface area contributed by atoms with Crippen LogP contribution in [0.25, 0.3) is 0 Å². The largest absolute Gasteiger partial charge is 0.543 e. The maximum absolute atomic E-state index is 9.38. The number of aryl methyl sites for hydroxylation is 1.